The van der Waals surface area contributed by atoms with Crippen molar-refractivity contribution in [2.45, 2.75) is 19.6 Å². The van der Waals surface area contributed by atoms with Crippen molar-refractivity contribution in [3.8, 4) is 0 Å². The molecule has 1 aromatic carbocycles. The first-order chi connectivity index (χ1) is 12.6. The van der Waals surface area contributed by atoms with Crippen LogP contribution in [0.15, 0.2) is 35.4 Å². The standard InChI is InChI=1S/C18H16F3N3O2S/c1-10-13-15(22-9-24(3)16(13)25)27-14(10)17(26)23(2)8-11-6-4-5-7-12(11)18(19,20)21/h4-7,9H,8H2,1-3H3. The van der Waals surface area contributed by atoms with E-state index in [-0.39, 0.29) is 17.7 Å². The molecule has 0 N–H and O–H groups in total. The van der Waals surface area contributed by atoms with E-state index in [1.165, 1.54) is 41.0 Å². The monoisotopic (exact) mass is 395 g/mol. The van der Waals surface area contributed by atoms with Crippen molar-refractivity contribution in [2.24, 2.45) is 7.05 Å². The Morgan fingerprint density at radius 1 is 1.30 bits per heavy atom. The highest BCUT2D eigenvalue weighted by Crippen LogP contribution is 2.33. The second-order valence-electron chi connectivity index (χ2n) is 6.21. The molecule has 0 saturated heterocycles. The molecule has 3 aromatic rings. The number of aryl methyl sites for hydroxylation is 2. The summed E-state index contributed by atoms with van der Waals surface area (Å²) >= 11 is 1.07. The highest BCUT2D eigenvalue weighted by Gasteiger charge is 2.33. The van der Waals surface area contributed by atoms with Crippen LogP contribution in [0.4, 0.5) is 13.2 Å². The van der Waals surface area contributed by atoms with Gasteiger partial charge in [-0.25, -0.2) is 4.98 Å². The zero-order valence-electron chi connectivity index (χ0n) is 14.8. The predicted octanol–water partition coefficient (Wildman–Crippen LogP) is 3.59. The van der Waals surface area contributed by atoms with Gasteiger partial charge in [-0.15, -0.1) is 11.3 Å². The number of thiophene rings is 1. The second kappa shape index (κ2) is 6.80. The van der Waals surface area contributed by atoms with Crippen LogP contribution in [0.3, 0.4) is 0 Å². The Bertz CT molecular complexity index is 1090. The van der Waals surface area contributed by atoms with Gasteiger partial charge in [0.1, 0.15) is 4.83 Å². The number of benzene rings is 1. The van der Waals surface area contributed by atoms with Crippen LogP contribution in [0.25, 0.3) is 10.2 Å². The Hall–Kier alpha value is -2.68. The van der Waals surface area contributed by atoms with Crippen molar-refractivity contribution in [1.82, 2.24) is 14.5 Å². The van der Waals surface area contributed by atoms with E-state index in [1.54, 1.807) is 14.0 Å². The highest BCUT2D eigenvalue weighted by molar-refractivity contribution is 7.20. The summed E-state index contributed by atoms with van der Waals surface area (Å²) in [6.07, 6.45) is -3.12. The normalized spacial score (nSPS) is 11.8. The van der Waals surface area contributed by atoms with Gasteiger partial charge in [-0.1, -0.05) is 18.2 Å². The third-order valence-corrected chi connectivity index (χ3v) is 5.47. The average Bonchev–Trinajstić information content (AvgIpc) is 2.94. The molecular weight excluding hydrogens is 379 g/mol. The minimum atomic E-state index is -4.50. The summed E-state index contributed by atoms with van der Waals surface area (Å²) in [6.45, 7) is 1.44. The lowest BCUT2D eigenvalue weighted by atomic mass is 10.1. The van der Waals surface area contributed by atoms with Crippen molar-refractivity contribution >= 4 is 27.5 Å². The van der Waals surface area contributed by atoms with E-state index in [0.29, 0.717) is 20.7 Å². The fourth-order valence-electron chi connectivity index (χ4n) is 2.85. The third-order valence-electron chi connectivity index (χ3n) is 4.28. The molecule has 2 aromatic heterocycles. The molecule has 0 bridgehead atoms. The van der Waals surface area contributed by atoms with Crippen LogP contribution >= 0.6 is 11.3 Å². The largest absolute Gasteiger partial charge is 0.416 e. The maximum atomic E-state index is 13.2. The van der Waals surface area contributed by atoms with Crippen LogP contribution in [0.2, 0.25) is 0 Å². The van der Waals surface area contributed by atoms with Crippen LogP contribution < -0.4 is 5.56 Å². The van der Waals surface area contributed by atoms with Gasteiger partial charge in [-0.2, -0.15) is 13.2 Å². The van der Waals surface area contributed by atoms with Gasteiger partial charge < -0.3 is 9.47 Å². The van der Waals surface area contributed by atoms with Crippen molar-refractivity contribution in [1.29, 1.82) is 0 Å². The van der Waals surface area contributed by atoms with Crippen LogP contribution in [0.1, 0.15) is 26.4 Å². The number of amides is 1. The molecule has 0 fully saturated rings. The first-order valence-electron chi connectivity index (χ1n) is 7.96. The lowest BCUT2D eigenvalue weighted by Crippen LogP contribution is -2.27. The quantitative estimate of drug-likeness (QED) is 0.681. The average molecular weight is 395 g/mol. The maximum Gasteiger partial charge on any atom is 0.416 e. The number of carbonyl (C=O) groups excluding carboxylic acids is 1. The van der Waals surface area contributed by atoms with E-state index in [1.807, 2.05) is 0 Å². The number of fused-ring (bicyclic) bond motifs is 1. The molecule has 27 heavy (non-hydrogen) atoms. The van der Waals surface area contributed by atoms with Crippen molar-refractivity contribution < 1.29 is 18.0 Å². The van der Waals surface area contributed by atoms with Crippen LogP contribution in [-0.2, 0) is 19.8 Å². The molecule has 1 amide bonds. The molecule has 0 saturated carbocycles. The zero-order chi connectivity index (χ0) is 19.9. The number of rotatable bonds is 3. The van der Waals surface area contributed by atoms with Crippen LogP contribution in [0.5, 0.6) is 0 Å². The summed E-state index contributed by atoms with van der Waals surface area (Å²) in [5.41, 5.74) is -0.538. The van der Waals surface area contributed by atoms with Gasteiger partial charge >= 0.3 is 6.18 Å². The van der Waals surface area contributed by atoms with Crippen LogP contribution in [-0.4, -0.2) is 27.4 Å². The lowest BCUT2D eigenvalue weighted by Gasteiger charge is -2.20. The van der Waals surface area contributed by atoms with Crippen molar-refractivity contribution in [3.05, 3.63) is 62.5 Å². The second-order valence-corrected chi connectivity index (χ2v) is 7.21. The first-order valence-corrected chi connectivity index (χ1v) is 8.78. The van der Waals surface area contributed by atoms with Crippen molar-refractivity contribution in [2.75, 3.05) is 7.05 Å². The van der Waals surface area contributed by atoms with Crippen molar-refractivity contribution in [3.63, 3.8) is 0 Å². The molecule has 9 heteroatoms. The first kappa shape index (κ1) is 19.1. The summed E-state index contributed by atoms with van der Waals surface area (Å²) in [7, 11) is 3.00. The summed E-state index contributed by atoms with van der Waals surface area (Å²) in [5, 5.41) is 0.359. The molecule has 2 heterocycles. The lowest BCUT2D eigenvalue weighted by molar-refractivity contribution is -0.138. The molecule has 142 valence electrons. The van der Waals surface area contributed by atoms with E-state index in [4.69, 9.17) is 0 Å². The highest BCUT2D eigenvalue weighted by atomic mass is 32.1. The summed E-state index contributed by atoms with van der Waals surface area (Å²) in [5.74, 6) is -0.450. The van der Waals surface area contributed by atoms with Gasteiger partial charge in [0.05, 0.1) is 22.2 Å². The summed E-state index contributed by atoms with van der Waals surface area (Å²) in [6, 6.07) is 5.15. The number of aromatic nitrogens is 2. The van der Waals surface area contributed by atoms with E-state index in [9.17, 15) is 22.8 Å². The SMILES string of the molecule is Cc1c(C(=O)N(C)Cc2ccccc2C(F)(F)F)sc2ncn(C)c(=O)c12. The number of alkyl halides is 3. The number of carbonyl (C=O) groups is 1. The van der Waals surface area contributed by atoms with Gasteiger partial charge in [0.15, 0.2) is 0 Å². The molecule has 0 aliphatic rings. The van der Waals surface area contributed by atoms with E-state index < -0.39 is 17.6 Å². The Morgan fingerprint density at radius 3 is 2.63 bits per heavy atom. The molecule has 0 unspecified atom stereocenters. The fourth-order valence-corrected chi connectivity index (χ4v) is 3.98. The smallest absolute Gasteiger partial charge is 0.337 e. The van der Waals surface area contributed by atoms with Gasteiger partial charge in [0.2, 0.25) is 0 Å². The molecule has 0 atom stereocenters. The Balaban J connectivity index is 1.96. The topological polar surface area (TPSA) is 55.2 Å². The van der Waals surface area contributed by atoms with Crippen LogP contribution in [0, 0.1) is 6.92 Å². The van der Waals surface area contributed by atoms with E-state index >= 15 is 0 Å². The minimum Gasteiger partial charge on any atom is -0.337 e. The molecule has 0 spiro atoms. The van der Waals surface area contributed by atoms with E-state index in [2.05, 4.69) is 4.98 Å². The number of halogens is 3. The Kier molecular flexibility index (Phi) is 4.81. The van der Waals surface area contributed by atoms with Gasteiger partial charge in [-0.05, 0) is 24.1 Å². The molecule has 0 radical (unpaired) electrons. The predicted molar refractivity (Wildman–Crippen MR) is 96.8 cm³/mol. The fraction of sp³-hybridized carbons (Fsp3) is 0.278. The molecular formula is C18H16F3N3O2S. The molecule has 0 aliphatic carbocycles. The minimum absolute atomic E-state index is 0.00801. The number of nitrogens with zero attached hydrogens (tertiary/aromatic N) is 3. The zero-order valence-corrected chi connectivity index (χ0v) is 15.6. The van der Waals surface area contributed by atoms with Gasteiger partial charge in [0.25, 0.3) is 11.5 Å². The number of hydrogen-bond donors (Lipinski definition) is 0. The summed E-state index contributed by atoms with van der Waals surface area (Å²) in [4.78, 5) is 31.2. The molecule has 0 aliphatic heterocycles. The number of hydrogen-bond acceptors (Lipinski definition) is 4. The van der Waals surface area contributed by atoms with Gasteiger partial charge in [0, 0.05) is 20.6 Å². The maximum absolute atomic E-state index is 13.2. The van der Waals surface area contributed by atoms with Gasteiger partial charge in [-0.3, -0.25) is 9.59 Å². The van der Waals surface area contributed by atoms with E-state index in [0.717, 1.165) is 17.4 Å². The third kappa shape index (κ3) is 3.46. The Morgan fingerprint density at radius 2 is 1.96 bits per heavy atom. The molecule has 5 nitrogen and oxygen atoms in total. The Labute approximate surface area is 156 Å². The summed E-state index contributed by atoms with van der Waals surface area (Å²) < 4.78 is 40.8. The molecule has 3 rings (SSSR count).